The summed E-state index contributed by atoms with van der Waals surface area (Å²) in [5, 5.41) is 1.01. The average molecular weight is 252 g/mol. The second-order valence-corrected chi connectivity index (χ2v) is 6.58. The monoisotopic (exact) mass is 252 g/mol. The normalized spacial score (nSPS) is 20.1. The standard InChI is InChI=1S/C13H20N2OS/c1-10(16)11-9-14-12(17-11)15-7-4-5-13(2,3)6-8-15/h9H,4-8H2,1-3H3. The molecule has 0 spiro atoms. The molecular formula is C13H20N2OS. The van der Waals surface area contributed by atoms with Gasteiger partial charge in [0.05, 0.1) is 11.1 Å². The van der Waals surface area contributed by atoms with Gasteiger partial charge >= 0.3 is 0 Å². The fourth-order valence-electron chi connectivity index (χ4n) is 2.19. The van der Waals surface area contributed by atoms with Gasteiger partial charge in [-0.15, -0.1) is 0 Å². The van der Waals surface area contributed by atoms with Crippen molar-refractivity contribution in [2.75, 3.05) is 18.0 Å². The topological polar surface area (TPSA) is 33.2 Å². The van der Waals surface area contributed by atoms with E-state index in [-0.39, 0.29) is 5.78 Å². The van der Waals surface area contributed by atoms with Crippen LogP contribution in [0.2, 0.25) is 0 Å². The SMILES string of the molecule is CC(=O)c1cnc(N2CCCC(C)(C)CC2)s1. The van der Waals surface area contributed by atoms with Crippen molar-refractivity contribution in [2.45, 2.75) is 40.0 Å². The van der Waals surface area contributed by atoms with Crippen LogP contribution in [0.15, 0.2) is 6.20 Å². The number of thiazole rings is 1. The average Bonchev–Trinajstić information content (AvgIpc) is 2.65. The highest BCUT2D eigenvalue weighted by atomic mass is 32.1. The maximum absolute atomic E-state index is 11.3. The van der Waals surface area contributed by atoms with E-state index < -0.39 is 0 Å². The fourth-order valence-corrected chi connectivity index (χ4v) is 3.05. The molecule has 0 saturated carbocycles. The minimum atomic E-state index is 0.115. The maximum Gasteiger partial charge on any atom is 0.185 e. The molecule has 0 unspecified atom stereocenters. The van der Waals surface area contributed by atoms with Crippen molar-refractivity contribution in [1.29, 1.82) is 0 Å². The molecule has 0 radical (unpaired) electrons. The number of nitrogens with zero attached hydrogens (tertiary/aromatic N) is 2. The number of hydrogen-bond acceptors (Lipinski definition) is 4. The molecule has 17 heavy (non-hydrogen) atoms. The molecule has 0 aromatic carbocycles. The Morgan fingerprint density at radius 3 is 2.82 bits per heavy atom. The molecule has 1 aromatic rings. The second kappa shape index (κ2) is 4.77. The predicted molar refractivity (Wildman–Crippen MR) is 72.0 cm³/mol. The van der Waals surface area contributed by atoms with E-state index in [0.29, 0.717) is 5.41 Å². The summed E-state index contributed by atoms with van der Waals surface area (Å²) in [6, 6.07) is 0. The third kappa shape index (κ3) is 3.06. The lowest BCUT2D eigenvalue weighted by atomic mass is 9.85. The summed E-state index contributed by atoms with van der Waals surface area (Å²) in [5.41, 5.74) is 0.440. The number of hydrogen-bond donors (Lipinski definition) is 0. The van der Waals surface area contributed by atoms with Crippen LogP contribution in [0, 0.1) is 5.41 Å². The number of rotatable bonds is 2. The quantitative estimate of drug-likeness (QED) is 0.757. The van der Waals surface area contributed by atoms with Crippen LogP contribution in [-0.2, 0) is 0 Å². The zero-order valence-corrected chi connectivity index (χ0v) is 11.6. The number of carbonyl (C=O) groups excluding carboxylic acids is 1. The van der Waals surface area contributed by atoms with Gasteiger partial charge in [-0.05, 0) is 24.7 Å². The van der Waals surface area contributed by atoms with E-state index in [0.717, 1.165) is 23.1 Å². The molecule has 0 aliphatic carbocycles. The van der Waals surface area contributed by atoms with Crippen molar-refractivity contribution in [3.63, 3.8) is 0 Å². The summed E-state index contributed by atoms with van der Waals surface area (Å²) in [4.78, 5) is 18.7. The smallest absolute Gasteiger partial charge is 0.185 e. The second-order valence-electron chi connectivity index (χ2n) is 5.57. The molecule has 1 aromatic heterocycles. The Labute approximate surface area is 107 Å². The lowest BCUT2D eigenvalue weighted by Gasteiger charge is -2.22. The zero-order valence-electron chi connectivity index (χ0n) is 10.8. The molecule has 0 bridgehead atoms. The van der Waals surface area contributed by atoms with Gasteiger partial charge in [-0.3, -0.25) is 4.79 Å². The van der Waals surface area contributed by atoms with Gasteiger partial charge in [0.2, 0.25) is 0 Å². The maximum atomic E-state index is 11.3. The molecule has 1 aliphatic heterocycles. The van der Waals surface area contributed by atoms with E-state index in [1.165, 1.54) is 30.6 Å². The van der Waals surface area contributed by atoms with E-state index in [1.807, 2.05) is 0 Å². The van der Waals surface area contributed by atoms with Crippen LogP contribution in [0.4, 0.5) is 5.13 Å². The van der Waals surface area contributed by atoms with Gasteiger partial charge in [0, 0.05) is 20.0 Å². The highest BCUT2D eigenvalue weighted by molar-refractivity contribution is 7.17. The Hall–Kier alpha value is -0.900. The summed E-state index contributed by atoms with van der Waals surface area (Å²) in [6.45, 7) is 8.38. The number of carbonyl (C=O) groups is 1. The van der Waals surface area contributed by atoms with Gasteiger partial charge in [-0.25, -0.2) is 4.98 Å². The Bertz CT molecular complexity index is 411. The van der Waals surface area contributed by atoms with Crippen LogP contribution in [0.5, 0.6) is 0 Å². The lowest BCUT2D eigenvalue weighted by molar-refractivity contribution is 0.102. The van der Waals surface area contributed by atoms with Crippen molar-refractivity contribution in [2.24, 2.45) is 5.41 Å². The van der Waals surface area contributed by atoms with Crippen LogP contribution in [-0.4, -0.2) is 23.9 Å². The van der Waals surface area contributed by atoms with Gasteiger partial charge in [0.25, 0.3) is 0 Å². The van der Waals surface area contributed by atoms with Gasteiger partial charge in [-0.1, -0.05) is 25.2 Å². The van der Waals surface area contributed by atoms with Crippen LogP contribution in [0.25, 0.3) is 0 Å². The van der Waals surface area contributed by atoms with E-state index in [9.17, 15) is 4.79 Å². The molecule has 3 nitrogen and oxygen atoms in total. The molecule has 94 valence electrons. The first-order chi connectivity index (χ1) is 7.98. The molecule has 1 saturated heterocycles. The first-order valence-electron chi connectivity index (χ1n) is 6.20. The first-order valence-corrected chi connectivity index (χ1v) is 7.01. The summed E-state index contributed by atoms with van der Waals surface area (Å²) in [5.74, 6) is 0.115. The van der Waals surface area contributed by atoms with Crippen molar-refractivity contribution in [3.05, 3.63) is 11.1 Å². The summed E-state index contributed by atoms with van der Waals surface area (Å²) < 4.78 is 0. The third-order valence-corrected chi connectivity index (χ3v) is 4.61. The highest BCUT2D eigenvalue weighted by Crippen LogP contribution is 2.32. The Morgan fingerprint density at radius 1 is 1.41 bits per heavy atom. The van der Waals surface area contributed by atoms with Crippen LogP contribution in [0.1, 0.15) is 49.7 Å². The van der Waals surface area contributed by atoms with E-state index in [2.05, 4.69) is 23.7 Å². The van der Waals surface area contributed by atoms with E-state index >= 15 is 0 Å². The van der Waals surface area contributed by atoms with Gasteiger partial charge in [-0.2, -0.15) is 0 Å². The molecule has 2 rings (SSSR count). The summed E-state index contributed by atoms with van der Waals surface area (Å²) >= 11 is 1.52. The Morgan fingerprint density at radius 2 is 2.18 bits per heavy atom. The highest BCUT2D eigenvalue weighted by Gasteiger charge is 2.24. The van der Waals surface area contributed by atoms with Gasteiger partial charge in [0.1, 0.15) is 0 Å². The number of ketones is 1. The van der Waals surface area contributed by atoms with Crippen molar-refractivity contribution < 1.29 is 4.79 Å². The number of aromatic nitrogens is 1. The first kappa shape index (κ1) is 12.6. The molecule has 4 heteroatoms. The minimum Gasteiger partial charge on any atom is -0.348 e. The lowest BCUT2D eigenvalue weighted by Crippen LogP contribution is -2.24. The van der Waals surface area contributed by atoms with Crippen molar-refractivity contribution in [3.8, 4) is 0 Å². The summed E-state index contributed by atoms with van der Waals surface area (Å²) in [7, 11) is 0. The van der Waals surface area contributed by atoms with Crippen molar-refractivity contribution >= 4 is 22.3 Å². The molecule has 1 fully saturated rings. The van der Waals surface area contributed by atoms with Crippen LogP contribution in [0.3, 0.4) is 0 Å². The molecule has 2 heterocycles. The largest absolute Gasteiger partial charge is 0.348 e. The third-order valence-electron chi connectivity index (χ3n) is 3.45. The Balaban J connectivity index is 2.09. The molecule has 1 aliphatic rings. The molecule has 0 N–H and O–H groups in total. The van der Waals surface area contributed by atoms with Gasteiger partial charge in [0.15, 0.2) is 10.9 Å². The molecule has 0 amide bonds. The van der Waals surface area contributed by atoms with Crippen LogP contribution < -0.4 is 4.90 Å². The van der Waals surface area contributed by atoms with E-state index in [4.69, 9.17) is 0 Å². The van der Waals surface area contributed by atoms with Crippen LogP contribution >= 0.6 is 11.3 Å². The zero-order chi connectivity index (χ0) is 12.5. The molecule has 0 atom stereocenters. The summed E-state index contributed by atoms with van der Waals surface area (Å²) in [6.07, 6.45) is 5.39. The minimum absolute atomic E-state index is 0.115. The Kier molecular flexibility index (Phi) is 3.52. The fraction of sp³-hybridized carbons (Fsp3) is 0.692. The van der Waals surface area contributed by atoms with Gasteiger partial charge < -0.3 is 4.90 Å². The predicted octanol–water partition coefficient (Wildman–Crippen LogP) is 3.36. The molecular weight excluding hydrogens is 232 g/mol. The number of anilines is 1. The number of Topliss-reactive ketones (excluding diaryl/α,β-unsaturated/α-hetero) is 1. The van der Waals surface area contributed by atoms with E-state index in [1.54, 1.807) is 13.1 Å². The van der Waals surface area contributed by atoms with Crippen molar-refractivity contribution in [1.82, 2.24) is 4.98 Å².